The van der Waals surface area contributed by atoms with Crippen LogP contribution >= 0.6 is 0 Å². The van der Waals surface area contributed by atoms with E-state index in [9.17, 15) is 4.79 Å². The van der Waals surface area contributed by atoms with Gasteiger partial charge in [-0.2, -0.15) is 0 Å². The highest BCUT2D eigenvalue weighted by Crippen LogP contribution is 2.30. The Labute approximate surface area is 154 Å². The van der Waals surface area contributed by atoms with Crippen LogP contribution < -0.4 is 5.56 Å². The van der Waals surface area contributed by atoms with Gasteiger partial charge in [0, 0.05) is 25.2 Å². The van der Waals surface area contributed by atoms with Crippen LogP contribution in [0.25, 0.3) is 5.69 Å². The second-order valence-electron chi connectivity index (χ2n) is 7.59. The van der Waals surface area contributed by atoms with Crippen molar-refractivity contribution in [2.75, 3.05) is 13.1 Å². The minimum absolute atomic E-state index is 0.0382. The monoisotopic (exact) mass is 352 g/mol. The summed E-state index contributed by atoms with van der Waals surface area (Å²) in [4.78, 5) is 20.3. The quantitative estimate of drug-likeness (QED) is 0.794. The molecule has 0 radical (unpaired) electrons. The molecule has 2 atom stereocenters. The molecule has 0 unspecified atom stereocenters. The number of nitrogens with zero attached hydrogens (tertiary/aromatic N) is 4. The fourth-order valence-electron chi connectivity index (χ4n) is 4.55. The molecule has 5 nitrogen and oxygen atoms in total. The van der Waals surface area contributed by atoms with E-state index in [2.05, 4.69) is 11.1 Å². The molecule has 0 aliphatic carbocycles. The molecule has 0 bridgehead atoms. The summed E-state index contributed by atoms with van der Waals surface area (Å²) in [5.41, 5.74) is 2.32. The zero-order valence-electron chi connectivity index (χ0n) is 15.8. The van der Waals surface area contributed by atoms with Crippen molar-refractivity contribution >= 4 is 11.9 Å². The highest BCUT2D eigenvalue weighted by molar-refractivity contribution is 5.67. The molecule has 138 valence electrons. The number of hydrogen-bond acceptors (Lipinski definition) is 3. The van der Waals surface area contributed by atoms with Gasteiger partial charge in [0.2, 0.25) is 0 Å². The molecule has 1 aromatic carbocycles. The van der Waals surface area contributed by atoms with Crippen LogP contribution in [0.4, 0.5) is 5.69 Å². The van der Waals surface area contributed by atoms with Gasteiger partial charge in [0.25, 0.3) is 5.56 Å². The Kier molecular flexibility index (Phi) is 4.81. The Morgan fingerprint density at radius 2 is 1.85 bits per heavy atom. The smallest absolute Gasteiger partial charge is 0.297 e. The second-order valence-corrected chi connectivity index (χ2v) is 7.59. The number of benzene rings is 1. The largest absolute Gasteiger partial charge is 0.300 e. The molecule has 0 spiro atoms. The van der Waals surface area contributed by atoms with Gasteiger partial charge in [0.15, 0.2) is 5.69 Å². The van der Waals surface area contributed by atoms with E-state index in [-0.39, 0.29) is 5.56 Å². The molecule has 4 rings (SSSR count). The Hall–Kier alpha value is -2.14. The Morgan fingerprint density at radius 1 is 1.08 bits per heavy atom. The summed E-state index contributed by atoms with van der Waals surface area (Å²) in [6.07, 6.45) is 8.38. The SMILES string of the molecule is Cc1c(N=C[C@@H]2CCCN3CCCC[C@H]23)c(=O)n(-c2ccccc2)n1C. The number of fused-ring (bicyclic) bond motifs is 1. The van der Waals surface area contributed by atoms with Gasteiger partial charge in [0.05, 0.1) is 11.4 Å². The van der Waals surface area contributed by atoms with Crippen LogP contribution in [0.15, 0.2) is 40.1 Å². The first kappa shape index (κ1) is 17.3. The lowest BCUT2D eigenvalue weighted by Crippen LogP contribution is -2.48. The number of aliphatic imine (C=N–C) groups is 1. The standard InChI is InChI=1S/C21H28N4O/c1-16-20(21(26)25(23(16)2)18-10-4-3-5-11-18)22-15-17-9-8-14-24-13-7-6-12-19(17)24/h3-5,10-11,15,17,19H,6-9,12-14H2,1-2H3/t17-,19+/m0/s1. The predicted octanol–water partition coefficient (Wildman–Crippen LogP) is 3.45. The Balaban J connectivity index is 1.64. The van der Waals surface area contributed by atoms with Crippen molar-refractivity contribution < 1.29 is 0 Å². The number of hydrogen-bond donors (Lipinski definition) is 0. The van der Waals surface area contributed by atoms with E-state index >= 15 is 0 Å². The summed E-state index contributed by atoms with van der Waals surface area (Å²) >= 11 is 0. The molecule has 2 aliphatic heterocycles. The van der Waals surface area contributed by atoms with E-state index in [4.69, 9.17) is 4.99 Å². The van der Waals surface area contributed by atoms with Crippen LogP contribution in [0.5, 0.6) is 0 Å². The van der Waals surface area contributed by atoms with E-state index in [1.807, 2.05) is 49.0 Å². The van der Waals surface area contributed by atoms with Gasteiger partial charge in [-0.05, 0) is 57.8 Å². The lowest BCUT2D eigenvalue weighted by molar-refractivity contribution is 0.0870. The molecule has 3 heterocycles. The first-order chi connectivity index (χ1) is 12.7. The molecule has 2 fully saturated rings. The minimum atomic E-state index is -0.0382. The Bertz CT molecular complexity index is 847. The third-order valence-electron chi connectivity index (χ3n) is 6.06. The summed E-state index contributed by atoms with van der Waals surface area (Å²) in [5.74, 6) is 0.466. The molecule has 0 amide bonds. The fourth-order valence-corrected chi connectivity index (χ4v) is 4.55. The zero-order chi connectivity index (χ0) is 18.1. The average molecular weight is 352 g/mol. The van der Waals surface area contributed by atoms with E-state index in [1.165, 1.54) is 45.2 Å². The lowest BCUT2D eigenvalue weighted by atomic mass is 9.84. The molecule has 5 heteroatoms. The summed E-state index contributed by atoms with van der Waals surface area (Å²) < 4.78 is 3.61. The first-order valence-electron chi connectivity index (χ1n) is 9.79. The average Bonchev–Trinajstić information content (AvgIpc) is 2.89. The van der Waals surface area contributed by atoms with Gasteiger partial charge in [-0.25, -0.2) is 4.68 Å². The molecular weight excluding hydrogens is 324 g/mol. The van der Waals surface area contributed by atoms with Crippen molar-refractivity contribution in [3.63, 3.8) is 0 Å². The summed E-state index contributed by atoms with van der Waals surface area (Å²) in [5, 5.41) is 0. The van der Waals surface area contributed by atoms with Gasteiger partial charge in [0.1, 0.15) is 0 Å². The first-order valence-corrected chi connectivity index (χ1v) is 9.79. The second kappa shape index (κ2) is 7.23. The molecule has 2 saturated heterocycles. The third kappa shape index (κ3) is 3.05. The van der Waals surface area contributed by atoms with Crippen LogP contribution in [-0.4, -0.2) is 39.6 Å². The fraction of sp³-hybridized carbons (Fsp3) is 0.524. The summed E-state index contributed by atoms with van der Waals surface area (Å²) in [6, 6.07) is 10.4. The van der Waals surface area contributed by atoms with Gasteiger partial charge in [-0.15, -0.1) is 0 Å². The lowest BCUT2D eigenvalue weighted by Gasteiger charge is -2.43. The Morgan fingerprint density at radius 3 is 2.65 bits per heavy atom. The molecule has 26 heavy (non-hydrogen) atoms. The predicted molar refractivity (Wildman–Crippen MR) is 106 cm³/mol. The highest BCUT2D eigenvalue weighted by atomic mass is 16.1. The molecule has 0 N–H and O–H groups in total. The number of para-hydroxylation sites is 1. The van der Waals surface area contributed by atoms with Crippen LogP contribution in [0.3, 0.4) is 0 Å². The zero-order valence-corrected chi connectivity index (χ0v) is 15.8. The van der Waals surface area contributed by atoms with Crippen LogP contribution in [0.1, 0.15) is 37.8 Å². The number of aromatic nitrogens is 2. The normalized spacial score (nSPS) is 24.1. The van der Waals surface area contributed by atoms with Crippen LogP contribution in [-0.2, 0) is 7.05 Å². The van der Waals surface area contributed by atoms with Gasteiger partial charge in [-0.1, -0.05) is 24.6 Å². The van der Waals surface area contributed by atoms with Crippen LogP contribution in [0.2, 0.25) is 0 Å². The van der Waals surface area contributed by atoms with Crippen molar-refractivity contribution in [2.45, 2.75) is 45.1 Å². The van der Waals surface area contributed by atoms with E-state index < -0.39 is 0 Å². The van der Waals surface area contributed by atoms with E-state index in [1.54, 1.807) is 4.68 Å². The summed E-state index contributed by atoms with van der Waals surface area (Å²) in [7, 11) is 1.92. The number of rotatable bonds is 3. The van der Waals surface area contributed by atoms with Crippen molar-refractivity contribution in [1.29, 1.82) is 0 Å². The van der Waals surface area contributed by atoms with Gasteiger partial charge < -0.3 is 0 Å². The molecule has 2 aromatic rings. The maximum absolute atomic E-state index is 13.0. The van der Waals surface area contributed by atoms with E-state index in [0.29, 0.717) is 17.6 Å². The molecule has 1 aromatic heterocycles. The minimum Gasteiger partial charge on any atom is -0.300 e. The van der Waals surface area contributed by atoms with Gasteiger partial charge >= 0.3 is 0 Å². The van der Waals surface area contributed by atoms with Gasteiger partial charge in [-0.3, -0.25) is 19.4 Å². The third-order valence-corrected chi connectivity index (χ3v) is 6.06. The van der Waals surface area contributed by atoms with Crippen molar-refractivity contribution in [3.05, 3.63) is 46.4 Å². The van der Waals surface area contributed by atoms with Crippen molar-refractivity contribution in [2.24, 2.45) is 18.0 Å². The molecule has 2 aliphatic rings. The molecule has 0 saturated carbocycles. The van der Waals surface area contributed by atoms with Crippen molar-refractivity contribution in [1.82, 2.24) is 14.3 Å². The maximum atomic E-state index is 13.0. The topological polar surface area (TPSA) is 42.5 Å². The molecular formula is C21H28N4O. The highest BCUT2D eigenvalue weighted by Gasteiger charge is 2.32. The number of piperidine rings is 2. The summed E-state index contributed by atoms with van der Waals surface area (Å²) in [6.45, 7) is 4.42. The van der Waals surface area contributed by atoms with E-state index in [0.717, 1.165) is 11.4 Å². The van der Waals surface area contributed by atoms with Crippen LogP contribution in [0, 0.1) is 12.8 Å². The van der Waals surface area contributed by atoms with Crippen molar-refractivity contribution in [3.8, 4) is 5.69 Å². The maximum Gasteiger partial charge on any atom is 0.297 e.